The quantitative estimate of drug-likeness (QED) is 0.619. The van der Waals surface area contributed by atoms with Crippen molar-refractivity contribution in [2.45, 2.75) is 18.3 Å². The van der Waals surface area contributed by atoms with Gasteiger partial charge in [-0.25, -0.2) is 18.0 Å². The number of hydrogen-bond acceptors (Lipinski definition) is 10. The van der Waals surface area contributed by atoms with Crippen molar-refractivity contribution in [1.82, 2.24) is 0 Å². The van der Waals surface area contributed by atoms with Crippen molar-refractivity contribution >= 4 is 22.7 Å². The van der Waals surface area contributed by atoms with Crippen LogP contribution in [-0.4, -0.2) is 59.4 Å². The van der Waals surface area contributed by atoms with Gasteiger partial charge in [-0.15, -0.1) is 0 Å². The highest BCUT2D eigenvalue weighted by atomic mass is 32.3. The number of carbonyl (C=O) groups is 2. The lowest BCUT2D eigenvalue weighted by Crippen LogP contribution is -2.39. The van der Waals surface area contributed by atoms with Crippen molar-refractivity contribution in [3.05, 3.63) is 0 Å². The first kappa shape index (κ1) is 13.8. The molecule has 19 heavy (non-hydrogen) atoms. The molecule has 11 heteroatoms. The summed E-state index contributed by atoms with van der Waals surface area (Å²) in [5.41, 5.74) is 0. The van der Waals surface area contributed by atoms with Crippen molar-refractivity contribution in [1.29, 1.82) is 0 Å². The normalized spacial score (nSPS) is 32.5. The van der Waals surface area contributed by atoms with Crippen LogP contribution in [0.15, 0.2) is 0 Å². The Morgan fingerprint density at radius 1 is 1.42 bits per heavy atom. The number of hydrogen-bond donors (Lipinski definition) is 0. The van der Waals surface area contributed by atoms with E-state index in [4.69, 9.17) is 9.47 Å². The van der Waals surface area contributed by atoms with Crippen LogP contribution in [0.2, 0.25) is 0 Å². The second kappa shape index (κ2) is 5.19. The van der Waals surface area contributed by atoms with E-state index in [1.807, 2.05) is 0 Å². The highest BCUT2D eigenvalue weighted by Gasteiger charge is 2.48. The van der Waals surface area contributed by atoms with Crippen molar-refractivity contribution in [3.63, 3.8) is 0 Å². The minimum atomic E-state index is -4.09. The van der Waals surface area contributed by atoms with Gasteiger partial charge in [0.2, 0.25) is 0 Å². The molecule has 2 aliphatic rings. The van der Waals surface area contributed by atoms with Crippen LogP contribution in [0.3, 0.4) is 0 Å². The van der Waals surface area contributed by atoms with E-state index in [0.29, 0.717) is 0 Å². The molecule has 0 aliphatic carbocycles. The molecular weight excluding hydrogens is 288 g/mol. The lowest BCUT2D eigenvalue weighted by atomic mass is 10.1. The topological polar surface area (TPSA) is 124 Å². The summed E-state index contributed by atoms with van der Waals surface area (Å²) in [5.74, 6) is 0. The third-order valence-corrected chi connectivity index (χ3v) is 3.27. The molecule has 0 spiro atoms. The number of ether oxygens (including phenoxy) is 4. The Hall–Kier alpha value is -1.59. The minimum absolute atomic E-state index is 0.321. The Kier molecular flexibility index (Phi) is 3.78. The van der Waals surface area contributed by atoms with E-state index in [-0.39, 0.29) is 13.2 Å². The van der Waals surface area contributed by atoms with E-state index in [0.717, 1.165) is 7.11 Å². The molecule has 10 nitrogen and oxygen atoms in total. The van der Waals surface area contributed by atoms with Crippen LogP contribution in [-0.2, 0) is 37.7 Å². The van der Waals surface area contributed by atoms with Gasteiger partial charge in [-0.05, 0) is 0 Å². The summed E-state index contributed by atoms with van der Waals surface area (Å²) in [6.45, 7) is -0.679. The zero-order chi connectivity index (χ0) is 14.0. The van der Waals surface area contributed by atoms with Gasteiger partial charge in [0.25, 0.3) is 0 Å². The highest BCUT2D eigenvalue weighted by Crippen LogP contribution is 2.26. The third kappa shape index (κ3) is 3.24. The molecule has 0 aromatic rings. The maximum Gasteiger partial charge on any atom is 0.509 e. The van der Waals surface area contributed by atoms with E-state index in [2.05, 4.69) is 17.8 Å². The van der Waals surface area contributed by atoms with Crippen LogP contribution in [0.5, 0.6) is 0 Å². The summed E-state index contributed by atoms with van der Waals surface area (Å²) in [6, 6.07) is 0. The Balaban J connectivity index is 1.98. The molecule has 2 saturated heterocycles. The first-order valence-corrected chi connectivity index (χ1v) is 6.40. The summed E-state index contributed by atoms with van der Waals surface area (Å²) in [6.07, 6.45) is -5.11. The van der Waals surface area contributed by atoms with Crippen LogP contribution in [0, 0.1) is 0 Å². The summed E-state index contributed by atoms with van der Waals surface area (Å²) in [5, 5.41) is 0. The molecule has 2 rings (SSSR count). The van der Waals surface area contributed by atoms with Gasteiger partial charge < -0.3 is 18.9 Å². The van der Waals surface area contributed by atoms with Crippen molar-refractivity contribution in [3.8, 4) is 0 Å². The molecule has 3 unspecified atom stereocenters. The van der Waals surface area contributed by atoms with E-state index >= 15 is 0 Å². The fraction of sp³-hybridized carbons (Fsp3) is 0.750. The predicted octanol–water partition coefficient (Wildman–Crippen LogP) is -0.666. The summed E-state index contributed by atoms with van der Waals surface area (Å²) in [7, 11) is -2.98. The average Bonchev–Trinajstić information content (AvgIpc) is 2.88. The van der Waals surface area contributed by atoms with Crippen LogP contribution in [0.25, 0.3) is 0 Å². The second-order valence-corrected chi connectivity index (χ2v) is 4.83. The molecule has 2 heterocycles. The Labute approximate surface area is 107 Å². The van der Waals surface area contributed by atoms with Gasteiger partial charge in [0.1, 0.15) is 19.3 Å². The lowest BCUT2D eigenvalue weighted by Gasteiger charge is -2.17. The first-order valence-electron chi connectivity index (χ1n) is 5.07. The Morgan fingerprint density at radius 2 is 2.16 bits per heavy atom. The average molecular weight is 298 g/mol. The molecule has 0 aromatic carbocycles. The molecule has 0 amide bonds. The minimum Gasteiger partial charge on any atom is -0.438 e. The molecule has 3 atom stereocenters. The van der Waals surface area contributed by atoms with Gasteiger partial charge >= 0.3 is 22.7 Å². The van der Waals surface area contributed by atoms with E-state index < -0.39 is 41.0 Å². The SMILES string of the molecule is COC(=O)OCC1OC(=O)OC1C1COS(=O)(=O)O1. The fourth-order valence-electron chi connectivity index (χ4n) is 1.57. The van der Waals surface area contributed by atoms with Gasteiger partial charge in [0, 0.05) is 0 Å². The van der Waals surface area contributed by atoms with Gasteiger partial charge in [-0.2, -0.15) is 8.42 Å². The lowest BCUT2D eigenvalue weighted by molar-refractivity contribution is -0.000749. The maximum atomic E-state index is 11.0. The zero-order valence-electron chi connectivity index (χ0n) is 9.64. The molecular formula is C8H10O10S. The summed E-state index contributed by atoms with van der Waals surface area (Å²) in [4.78, 5) is 21.8. The van der Waals surface area contributed by atoms with E-state index in [1.165, 1.54) is 0 Å². The van der Waals surface area contributed by atoms with Gasteiger partial charge in [0.05, 0.1) is 7.11 Å². The number of carbonyl (C=O) groups excluding carboxylic acids is 2. The standard InChI is InChI=1S/C8H10O10S/c1-13-7(9)14-2-4-6(17-8(10)16-4)5-3-15-19(11,12)18-5/h4-6H,2-3H2,1H3. The largest absolute Gasteiger partial charge is 0.509 e. The predicted molar refractivity (Wildman–Crippen MR) is 53.2 cm³/mol. The van der Waals surface area contributed by atoms with Crippen LogP contribution in [0.1, 0.15) is 0 Å². The highest BCUT2D eigenvalue weighted by molar-refractivity contribution is 7.82. The molecule has 0 N–H and O–H groups in total. The molecule has 0 radical (unpaired) electrons. The van der Waals surface area contributed by atoms with Crippen molar-refractivity contribution < 1.29 is 45.3 Å². The molecule has 0 saturated carbocycles. The Bertz CT molecular complexity index is 470. The number of cyclic esters (lactones) is 2. The van der Waals surface area contributed by atoms with Gasteiger partial charge in [-0.1, -0.05) is 0 Å². The van der Waals surface area contributed by atoms with Crippen molar-refractivity contribution in [2.75, 3.05) is 20.3 Å². The maximum absolute atomic E-state index is 11.0. The van der Waals surface area contributed by atoms with Crippen LogP contribution >= 0.6 is 0 Å². The molecule has 0 bridgehead atoms. The molecule has 2 aliphatic heterocycles. The Morgan fingerprint density at radius 3 is 2.74 bits per heavy atom. The number of rotatable bonds is 3. The second-order valence-electron chi connectivity index (χ2n) is 3.58. The third-order valence-electron chi connectivity index (χ3n) is 2.36. The molecule has 0 aromatic heterocycles. The van der Waals surface area contributed by atoms with Gasteiger partial charge in [0.15, 0.2) is 12.2 Å². The zero-order valence-corrected chi connectivity index (χ0v) is 10.5. The van der Waals surface area contributed by atoms with Crippen molar-refractivity contribution in [2.24, 2.45) is 0 Å². The summed E-state index contributed by atoms with van der Waals surface area (Å²) >= 11 is 0. The monoisotopic (exact) mass is 298 g/mol. The van der Waals surface area contributed by atoms with Crippen LogP contribution in [0.4, 0.5) is 9.59 Å². The first-order chi connectivity index (χ1) is 8.91. The van der Waals surface area contributed by atoms with E-state index in [9.17, 15) is 18.0 Å². The van der Waals surface area contributed by atoms with Crippen LogP contribution < -0.4 is 0 Å². The molecule has 2 fully saturated rings. The fourth-order valence-corrected chi connectivity index (χ4v) is 2.39. The van der Waals surface area contributed by atoms with E-state index in [1.54, 1.807) is 0 Å². The number of methoxy groups -OCH3 is 1. The molecule has 108 valence electrons. The smallest absolute Gasteiger partial charge is 0.438 e. The van der Waals surface area contributed by atoms with Gasteiger partial charge in [-0.3, -0.25) is 0 Å². The summed E-state index contributed by atoms with van der Waals surface area (Å²) < 4.78 is 49.2.